The van der Waals surface area contributed by atoms with Crippen LogP contribution in [0.1, 0.15) is 31.4 Å². The molecule has 0 aliphatic heterocycles. The first kappa shape index (κ1) is 23.1. The van der Waals surface area contributed by atoms with Gasteiger partial charge in [0, 0.05) is 6.54 Å². The lowest BCUT2D eigenvalue weighted by atomic mass is 10.0. The standard InChI is InChI=1S/C19H28N4O5/c1-13(2)6-16(19(28)21-8-17(20)26)22-18(27)10-23(12-25)9-14-4-3-5-15(7-14)11-24/h3-5,7,12-13,16,24H,6,8-11H2,1-2H3,(H2,20,26)(H,21,28)(H,22,27). The molecule has 0 aliphatic carbocycles. The molecule has 1 aromatic rings. The van der Waals surface area contributed by atoms with Crippen molar-refractivity contribution in [2.75, 3.05) is 13.1 Å². The second-order valence-corrected chi connectivity index (χ2v) is 6.92. The Kier molecular flexibility index (Phi) is 9.66. The zero-order chi connectivity index (χ0) is 21.1. The van der Waals surface area contributed by atoms with Crippen molar-refractivity contribution in [2.24, 2.45) is 11.7 Å². The van der Waals surface area contributed by atoms with Crippen molar-refractivity contribution in [1.82, 2.24) is 15.5 Å². The van der Waals surface area contributed by atoms with Gasteiger partial charge in [-0.15, -0.1) is 0 Å². The number of benzene rings is 1. The molecule has 0 aromatic heterocycles. The molecule has 4 amide bonds. The van der Waals surface area contributed by atoms with Crippen LogP contribution in [0.3, 0.4) is 0 Å². The van der Waals surface area contributed by atoms with E-state index < -0.39 is 23.8 Å². The molecule has 0 spiro atoms. The van der Waals surface area contributed by atoms with Gasteiger partial charge in [0.2, 0.25) is 24.1 Å². The third-order valence-electron chi connectivity index (χ3n) is 3.85. The summed E-state index contributed by atoms with van der Waals surface area (Å²) >= 11 is 0. The molecule has 0 saturated carbocycles. The summed E-state index contributed by atoms with van der Waals surface area (Å²) in [5.41, 5.74) is 6.49. The van der Waals surface area contributed by atoms with Gasteiger partial charge in [0.25, 0.3) is 0 Å². The zero-order valence-electron chi connectivity index (χ0n) is 16.2. The van der Waals surface area contributed by atoms with Crippen molar-refractivity contribution in [3.8, 4) is 0 Å². The summed E-state index contributed by atoms with van der Waals surface area (Å²) in [6, 6.07) is 6.20. The van der Waals surface area contributed by atoms with Crippen LogP contribution in [-0.4, -0.2) is 53.3 Å². The molecule has 0 heterocycles. The van der Waals surface area contributed by atoms with E-state index in [4.69, 9.17) is 5.73 Å². The highest BCUT2D eigenvalue weighted by Crippen LogP contribution is 2.08. The van der Waals surface area contributed by atoms with E-state index in [0.29, 0.717) is 18.4 Å². The number of aliphatic hydroxyl groups is 1. The molecule has 154 valence electrons. The maximum atomic E-state index is 12.3. The minimum Gasteiger partial charge on any atom is -0.392 e. The maximum Gasteiger partial charge on any atom is 0.243 e. The molecule has 0 fully saturated rings. The van der Waals surface area contributed by atoms with Crippen LogP contribution in [0.5, 0.6) is 0 Å². The number of hydrogen-bond acceptors (Lipinski definition) is 5. The number of amides is 4. The predicted molar refractivity (Wildman–Crippen MR) is 102 cm³/mol. The van der Waals surface area contributed by atoms with Crippen LogP contribution in [-0.2, 0) is 32.3 Å². The molecule has 1 rings (SSSR count). The van der Waals surface area contributed by atoms with Gasteiger partial charge in [-0.05, 0) is 23.5 Å². The fourth-order valence-electron chi connectivity index (χ4n) is 2.62. The summed E-state index contributed by atoms with van der Waals surface area (Å²) in [4.78, 5) is 48.0. The second-order valence-electron chi connectivity index (χ2n) is 6.92. The number of aliphatic hydroxyl groups excluding tert-OH is 1. The molecule has 9 nitrogen and oxygen atoms in total. The first-order valence-electron chi connectivity index (χ1n) is 8.98. The van der Waals surface area contributed by atoms with Gasteiger partial charge in [-0.2, -0.15) is 0 Å². The molecular weight excluding hydrogens is 364 g/mol. The van der Waals surface area contributed by atoms with E-state index in [1.54, 1.807) is 24.3 Å². The second kappa shape index (κ2) is 11.7. The first-order valence-corrected chi connectivity index (χ1v) is 8.98. The maximum absolute atomic E-state index is 12.3. The first-order chi connectivity index (χ1) is 13.2. The number of rotatable bonds is 12. The van der Waals surface area contributed by atoms with Crippen molar-refractivity contribution in [3.05, 3.63) is 35.4 Å². The lowest BCUT2D eigenvalue weighted by molar-refractivity contribution is -0.132. The van der Waals surface area contributed by atoms with Crippen LogP contribution in [0.15, 0.2) is 24.3 Å². The van der Waals surface area contributed by atoms with Crippen LogP contribution in [0.2, 0.25) is 0 Å². The lowest BCUT2D eigenvalue weighted by Gasteiger charge is -2.22. The van der Waals surface area contributed by atoms with Crippen LogP contribution < -0.4 is 16.4 Å². The number of nitrogens with zero attached hydrogens (tertiary/aromatic N) is 1. The molecule has 1 atom stereocenters. The lowest BCUT2D eigenvalue weighted by Crippen LogP contribution is -2.51. The molecule has 0 aliphatic rings. The van der Waals surface area contributed by atoms with Gasteiger partial charge in [0.1, 0.15) is 6.04 Å². The Labute approximate surface area is 164 Å². The van der Waals surface area contributed by atoms with Crippen molar-refractivity contribution in [3.63, 3.8) is 0 Å². The SMILES string of the molecule is CC(C)CC(NC(=O)CN(C=O)Cc1cccc(CO)c1)C(=O)NCC(N)=O. The third-order valence-corrected chi connectivity index (χ3v) is 3.85. The van der Waals surface area contributed by atoms with E-state index in [2.05, 4.69) is 10.6 Å². The predicted octanol–water partition coefficient (Wildman–Crippen LogP) is -0.730. The molecule has 1 aromatic carbocycles. The molecule has 5 N–H and O–H groups in total. The highest BCUT2D eigenvalue weighted by molar-refractivity contribution is 5.90. The Morgan fingerprint density at radius 3 is 2.50 bits per heavy atom. The van der Waals surface area contributed by atoms with E-state index >= 15 is 0 Å². The number of primary amides is 1. The normalized spacial score (nSPS) is 11.6. The minimum absolute atomic E-state index is 0.118. The Balaban J connectivity index is 2.70. The van der Waals surface area contributed by atoms with Gasteiger partial charge in [0.15, 0.2) is 0 Å². The Morgan fingerprint density at radius 2 is 1.93 bits per heavy atom. The van der Waals surface area contributed by atoms with E-state index in [0.717, 1.165) is 5.56 Å². The average Bonchev–Trinajstić information content (AvgIpc) is 2.64. The highest BCUT2D eigenvalue weighted by atomic mass is 16.3. The molecule has 0 radical (unpaired) electrons. The van der Waals surface area contributed by atoms with Gasteiger partial charge in [-0.1, -0.05) is 38.1 Å². The van der Waals surface area contributed by atoms with E-state index in [9.17, 15) is 24.3 Å². The van der Waals surface area contributed by atoms with Crippen LogP contribution in [0.25, 0.3) is 0 Å². The molecule has 0 bridgehead atoms. The molecule has 1 unspecified atom stereocenters. The number of carbonyl (C=O) groups is 4. The monoisotopic (exact) mass is 392 g/mol. The number of nitrogens with one attached hydrogen (secondary N) is 2. The van der Waals surface area contributed by atoms with E-state index in [-0.39, 0.29) is 32.2 Å². The van der Waals surface area contributed by atoms with Crippen molar-refractivity contribution in [2.45, 2.75) is 39.5 Å². The Morgan fingerprint density at radius 1 is 1.25 bits per heavy atom. The number of nitrogens with two attached hydrogens (primary N) is 1. The summed E-state index contributed by atoms with van der Waals surface area (Å²) in [5.74, 6) is -1.56. The Bertz CT molecular complexity index is 693. The molecule has 0 saturated heterocycles. The quantitative estimate of drug-likeness (QED) is 0.347. The zero-order valence-corrected chi connectivity index (χ0v) is 16.2. The molecule has 28 heavy (non-hydrogen) atoms. The summed E-state index contributed by atoms with van der Waals surface area (Å²) in [6.45, 7) is 3.31. The topological polar surface area (TPSA) is 142 Å². The van der Waals surface area contributed by atoms with Crippen LogP contribution >= 0.6 is 0 Å². The summed E-state index contributed by atoms with van der Waals surface area (Å²) in [5, 5.41) is 14.2. The van der Waals surface area contributed by atoms with E-state index in [1.165, 1.54) is 4.90 Å². The highest BCUT2D eigenvalue weighted by Gasteiger charge is 2.23. The molecule has 9 heteroatoms. The van der Waals surface area contributed by atoms with Crippen molar-refractivity contribution in [1.29, 1.82) is 0 Å². The van der Waals surface area contributed by atoms with Gasteiger partial charge >= 0.3 is 0 Å². The summed E-state index contributed by atoms with van der Waals surface area (Å²) in [7, 11) is 0. The van der Waals surface area contributed by atoms with E-state index in [1.807, 2.05) is 13.8 Å². The summed E-state index contributed by atoms with van der Waals surface area (Å²) in [6.07, 6.45) is 0.922. The largest absolute Gasteiger partial charge is 0.392 e. The van der Waals surface area contributed by atoms with Crippen molar-refractivity contribution < 1.29 is 24.3 Å². The number of hydrogen-bond donors (Lipinski definition) is 4. The van der Waals surface area contributed by atoms with Crippen LogP contribution in [0, 0.1) is 5.92 Å². The van der Waals surface area contributed by atoms with Crippen LogP contribution in [0.4, 0.5) is 0 Å². The van der Waals surface area contributed by atoms with Gasteiger partial charge < -0.3 is 26.4 Å². The van der Waals surface area contributed by atoms with Gasteiger partial charge in [0.05, 0.1) is 19.7 Å². The Hall–Kier alpha value is -2.94. The minimum atomic E-state index is -0.835. The van der Waals surface area contributed by atoms with Gasteiger partial charge in [-0.3, -0.25) is 19.2 Å². The fourth-order valence-corrected chi connectivity index (χ4v) is 2.62. The molecular formula is C19H28N4O5. The average molecular weight is 392 g/mol. The van der Waals surface area contributed by atoms with Gasteiger partial charge in [-0.25, -0.2) is 0 Å². The smallest absolute Gasteiger partial charge is 0.243 e. The summed E-state index contributed by atoms with van der Waals surface area (Å²) < 4.78 is 0. The van der Waals surface area contributed by atoms with Crippen molar-refractivity contribution >= 4 is 24.1 Å². The fraction of sp³-hybridized carbons (Fsp3) is 0.474. The third kappa shape index (κ3) is 8.63. The number of carbonyl (C=O) groups excluding carboxylic acids is 4.